The van der Waals surface area contributed by atoms with Crippen molar-refractivity contribution in [2.24, 2.45) is 0 Å². The monoisotopic (exact) mass is 328 g/mol. The molecule has 1 aromatic carbocycles. The molecule has 1 aliphatic heterocycles. The summed E-state index contributed by atoms with van der Waals surface area (Å²) >= 11 is 0. The van der Waals surface area contributed by atoms with Gasteiger partial charge in [0.2, 0.25) is 5.91 Å². The Hall–Kier alpha value is -1.39. The molecule has 2 aliphatic carbocycles. The number of carbonyl (C=O) groups excluding carboxylic acids is 1. The number of hydrogen-bond acceptors (Lipinski definition) is 3. The minimum atomic E-state index is -0.249. The number of hydrogen-bond donors (Lipinski definition) is 1. The van der Waals surface area contributed by atoms with Crippen LogP contribution in [0, 0.1) is 6.92 Å². The third-order valence-electron chi connectivity index (χ3n) is 6.24. The molecule has 24 heavy (non-hydrogen) atoms. The Bertz CT molecular complexity index is 618. The zero-order chi connectivity index (χ0) is 16.7. The van der Waals surface area contributed by atoms with E-state index in [0.717, 1.165) is 58.3 Å². The molecule has 0 spiro atoms. The van der Waals surface area contributed by atoms with Crippen LogP contribution in [0.2, 0.25) is 0 Å². The van der Waals surface area contributed by atoms with Gasteiger partial charge in [-0.05, 0) is 44.6 Å². The van der Waals surface area contributed by atoms with Crippen LogP contribution in [0.25, 0.3) is 0 Å². The van der Waals surface area contributed by atoms with Gasteiger partial charge in [0.05, 0.1) is 11.5 Å². The first-order chi connectivity index (χ1) is 11.6. The van der Waals surface area contributed by atoms with Crippen molar-refractivity contribution in [2.45, 2.75) is 56.6 Å². The Balaban J connectivity index is 1.41. The summed E-state index contributed by atoms with van der Waals surface area (Å²) in [7, 11) is 0. The van der Waals surface area contributed by atoms with E-state index in [0.29, 0.717) is 11.9 Å². The number of aliphatic hydroxyl groups excluding tert-OH is 1. The molecule has 1 heterocycles. The van der Waals surface area contributed by atoms with E-state index in [4.69, 9.17) is 0 Å². The maximum Gasteiger partial charge on any atom is 0.233 e. The topological polar surface area (TPSA) is 43.8 Å². The fraction of sp³-hybridized carbons (Fsp3) is 0.650. The van der Waals surface area contributed by atoms with Crippen molar-refractivity contribution in [3.8, 4) is 0 Å². The van der Waals surface area contributed by atoms with E-state index in [-0.39, 0.29) is 11.5 Å². The van der Waals surface area contributed by atoms with Crippen molar-refractivity contribution in [2.75, 3.05) is 26.2 Å². The van der Waals surface area contributed by atoms with Crippen LogP contribution >= 0.6 is 0 Å². The summed E-state index contributed by atoms with van der Waals surface area (Å²) in [5, 5.41) is 10.1. The predicted molar refractivity (Wildman–Crippen MR) is 93.9 cm³/mol. The van der Waals surface area contributed by atoms with Crippen LogP contribution in [0.1, 0.15) is 43.2 Å². The van der Waals surface area contributed by atoms with Gasteiger partial charge in [0, 0.05) is 32.2 Å². The molecule has 0 radical (unpaired) electrons. The van der Waals surface area contributed by atoms with Crippen LogP contribution in [0.3, 0.4) is 0 Å². The second-order valence-electron chi connectivity index (χ2n) is 7.85. The van der Waals surface area contributed by atoms with Gasteiger partial charge in [0.15, 0.2) is 0 Å². The lowest BCUT2D eigenvalue weighted by molar-refractivity contribution is -0.136. The third-order valence-corrected chi connectivity index (χ3v) is 6.24. The van der Waals surface area contributed by atoms with Gasteiger partial charge in [-0.25, -0.2) is 0 Å². The molecule has 1 aromatic rings. The quantitative estimate of drug-likeness (QED) is 0.924. The second-order valence-corrected chi connectivity index (χ2v) is 7.85. The van der Waals surface area contributed by atoms with Crippen LogP contribution in [0.4, 0.5) is 0 Å². The second kappa shape index (κ2) is 6.16. The molecule has 4 heteroatoms. The molecule has 2 saturated carbocycles. The molecule has 0 bridgehead atoms. The number of piperazine rings is 1. The van der Waals surface area contributed by atoms with Crippen molar-refractivity contribution in [1.82, 2.24) is 9.80 Å². The highest BCUT2D eigenvalue weighted by molar-refractivity contribution is 5.91. The molecule has 0 aromatic heterocycles. The first-order valence-electron chi connectivity index (χ1n) is 9.39. The number of aryl methyl sites for hydroxylation is 1. The molecule has 1 saturated heterocycles. The molecule has 0 unspecified atom stereocenters. The third kappa shape index (κ3) is 2.76. The van der Waals surface area contributed by atoms with Crippen LogP contribution in [0.5, 0.6) is 0 Å². The fourth-order valence-electron chi connectivity index (χ4n) is 4.60. The van der Waals surface area contributed by atoms with E-state index in [1.165, 1.54) is 11.1 Å². The zero-order valence-corrected chi connectivity index (χ0v) is 14.6. The van der Waals surface area contributed by atoms with Gasteiger partial charge in [-0.1, -0.05) is 29.8 Å². The van der Waals surface area contributed by atoms with Crippen molar-refractivity contribution in [3.05, 3.63) is 35.4 Å². The van der Waals surface area contributed by atoms with Crippen LogP contribution in [-0.2, 0) is 10.2 Å². The van der Waals surface area contributed by atoms with Crippen molar-refractivity contribution < 1.29 is 9.90 Å². The first kappa shape index (κ1) is 16.1. The zero-order valence-electron chi connectivity index (χ0n) is 14.6. The van der Waals surface area contributed by atoms with Gasteiger partial charge < -0.3 is 10.0 Å². The lowest BCUT2D eigenvalue weighted by Gasteiger charge is -2.40. The Kier molecular flexibility index (Phi) is 4.13. The number of rotatable bonds is 3. The van der Waals surface area contributed by atoms with Gasteiger partial charge >= 0.3 is 0 Å². The minimum Gasteiger partial charge on any atom is -0.391 e. The van der Waals surface area contributed by atoms with Crippen LogP contribution in [-0.4, -0.2) is 59.1 Å². The number of aliphatic hydroxyl groups is 1. The fourth-order valence-corrected chi connectivity index (χ4v) is 4.60. The summed E-state index contributed by atoms with van der Waals surface area (Å²) in [5.74, 6) is 0.319. The van der Waals surface area contributed by atoms with Crippen LogP contribution < -0.4 is 0 Å². The van der Waals surface area contributed by atoms with E-state index in [1.54, 1.807) is 0 Å². The maximum absolute atomic E-state index is 13.1. The Morgan fingerprint density at radius 3 is 2.50 bits per heavy atom. The van der Waals surface area contributed by atoms with Gasteiger partial charge in [-0.3, -0.25) is 9.69 Å². The van der Waals surface area contributed by atoms with Gasteiger partial charge in [-0.2, -0.15) is 0 Å². The molecule has 4 nitrogen and oxygen atoms in total. The average molecular weight is 328 g/mol. The van der Waals surface area contributed by atoms with Gasteiger partial charge in [-0.15, -0.1) is 0 Å². The SMILES string of the molecule is Cc1cccc(C2(C(=O)N3CCN([C@H]4CCC[C@@H]4O)CC3)CC2)c1. The largest absolute Gasteiger partial charge is 0.391 e. The highest BCUT2D eigenvalue weighted by Gasteiger charge is 2.53. The van der Waals surface area contributed by atoms with Crippen LogP contribution in [0.15, 0.2) is 24.3 Å². The number of nitrogens with zero attached hydrogens (tertiary/aromatic N) is 2. The Morgan fingerprint density at radius 1 is 1.17 bits per heavy atom. The van der Waals surface area contributed by atoms with E-state index in [2.05, 4.69) is 41.0 Å². The Morgan fingerprint density at radius 2 is 1.92 bits per heavy atom. The average Bonchev–Trinajstić information content (AvgIpc) is 3.30. The normalized spacial score (nSPS) is 29.7. The number of carbonyl (C=O) groups is 1. The van der Waals surface area contributed by atoms with Gasteiger partial charge in [0.25, 0.3) is 0 Å². The minimum absolute atomic E-state index is 0.172. The van der Waals surface area contributed by atoms with Gasteiger partial charge in [0.1, 0.15) is 0 Å². The summed E-state index contributed by atoms with van der Waals surface area (Å²) in [6.45, 7) is 5.50. The summed E-state index contributed by atoms with van der Waals surface area (Å²) in [6.07, 6.45) is 4.95. The predicted octanol–water partition coefficient (Wildman–Crippen LogP) is 2.08. The molecular formula is C20H28N2O2. The first-order valence-corrected chi connectivity index (χ1v) is 9.39. The van der Waals surface area contributed by atoms with E-state index >= 15 is 0 Å². The maximum atomic E-state index is 13.1. The van der Waals surface area contributed by atoms with E-state index < -0.39 is 0 Å². The molecular weight excluding hydrogens is 300 g/mol. The smallest absolute Gasteiger partial charge is 0.233 e. The lowest BCUT2D eigenvalue weighted by Crippen LogP contribution is -2.55. The van der Waals surface area contributed by atoms with E-state index in [9.17, 15) is 9.90 Å². The molecule has 3 aliphatic rings. The molecule has 3 fully saturated rings. The molecule has 4 rings (SSSR count). The highest BCUT2D eigenvalue weighted by atomic mass is 16.3. The Labute approximate surface area is 144 Å². The molecule has 130 valence electrons. The standard InChI is InChI=1S/C20H28N2O2/c1-15-4-2-5-16(14-15)20(8-9-20)19(24)22-12-10-21(11-13-22)17-6-3-7-18(17)23/h2,4-5,14,17-18,23H,3,6-13H2,1H3/t17-,18-/m0/s1. The summed E-state index contributed by atoms with van der Waals surface area (Å²) < 4.78 is 0. The number of amides is 1. The highest BCUT2D eigenvalue weighted by Crippen LogP contribution is 2.50. The van der Waals surface area contributed by atoms with Crippen molar-refractivity contribution in [1.29, 1.82) is 0 Å². The molecule has 2 atom stereocenters. The summed E-state index contributed by atoms with van der Waals surface area (Å²) in [6, 6.07) is 8.76. The van der Waals surface area contributed by atoms with E-state index in [1.807, 2.05) is 0 Å². The summed E-state index contributed by atoms with van der Waals surface area (Å²) in [4.78, 5) is 17.6. The van der Waals surface area contributed by atoms with Crippen molar-refractivity contribution >= 4 is 5.91 Å². The van der Waals surface area contributed by atoms with Crippen molar-refractivity contribution in [3.63, 3.8) is 0 Å². The number of benzene rings is 1. The molecule has 1 N–H and O–H groups in total. The summed E-state index contributed by atoms with van der Waals surface area (Å²) in [5.41, 5.74) is 2.17. The molecule has 1 amide bonds. The lowest BCUT2D eigenvalue weighted by atomic mass is 9.92.